The van der Waals surface area contributed by atoms with Gasteiger partial charge < -0.3 is 10.2 Å². The average molecular weight is 263 g/mol. The lowest BCUT2D eigenvalue weighted by molar-refractivity contribution is 0.329. The number of rotatable bonds is 5. The molecular weight excluding hydrogens is 234 g/mol. The van der Waals surface area contributed by atoms with Gasteiger partial charge in [0.2, 0.25) is 0 Å². The molecular formula is C16H29N3. The van der Waals surface area contributed by atoms with Gasteiger partial charge in [-0.1, -0.05) is 34.6 Å². The van der Waals surface area contributed by atoms with Gasteiger partial charge in [0, 0.05) is 37.6 Å². The van der Waals surface area contributed by atoms with Crippen LogP contribution in [0.15, 0.2) is 18.3 Å². The molecule has 1 aromatic heterocycles. The van der Waals surface area contributed by atoms with Gasteiger partial charge in [0.1, 0.15) is 0 Å². The maximum Gasteiger partial charge on any atom is 0.0562 e. The van der Waals surface area contributed by atoms with Crippen molar-refractivity contribution in [2.45, 2.75) is 60.2 Å². The van der Waals surface area contributed by atoms with Crippen molar-refractivity contribution in [3.05, 3.63) is 24.0 Å². The summed E-state index contributed by atoms with van der Waals surface area (Å²) < 4.78 is 0. The molecule has 0 saturated heterocycles. The molecule has 3 heteroatoms. The minimum absolute atomic E-state index is 0.258. The zero-order valence-corrected chi connectivity index (χ0v) is 13.5. The molecule has 108 valence electrons. The lowest BCUT2D eigenvalue weighted by Gasteiger charge is -2.37. The van der Waals surface area contributed by atoms with Crippen molar-refractivity contribution in [1.29, 1.82) is 0 Å². The van der Waals surface area contributed by atoms with Crippen molar-refractivity contribution in [3.8, 4) is 0 Å². The maximum absolute atomic E-state index is 4.43. The Morgan fingerprint density at radius 3 is 2.42 bits per heavy atom. The normalized spacial score (nSPS) is 13.7. The van der Waals surface area contributed by atoms with E-state index in [9.17, 15) is 0 Å². The van der Waals surface area contributed by atoms with E-state index < -0.39 is 0 Å². The van der Waals surface area contributed by atoms with Gasteiger partial charge in [-0.25, -0.2) is 0 Å². The molecule has 0 spiro atoms. The first-order chi connectivity index (χ1) is 8.71. The van der Waals surface area contributed by atoms with Gasteiger partial charge in [-0.15, -0.1) is 0 Å². The van der Waals surface area contributed by atoms with Crippen molar-refractivity contribution in [1.82, 2.24) is 10.3 Å². The lowest BCUT2D eigenvalue weighted by atomic mass is 9.87. The van der Waals surface area contributed by atoms with Crippen LogP contribution < -0.4 is 10.2 Å². The highest BCUT2D eigenvalue weighted by Crippen LogP contribution is 2.27. The van der Waals surface area contributed by atoms with Gasteiger partial charge in [-0.2, -0.15) is 0 Å². The summed E-state index contributed by atoms with van der Waals surface area (Å²) in [6.07, 6.45) is 1.90. The van der Waals surface area contributed by atoms with Crippen LogP contribution in [-0.2, 0) is 6.54 Å². The molecule has 0 aromatic carbocycles. The van der Waals surface area contributed by atoms with Gasteiger partial charge in [0.25, 0.3) is 0 Å². The summed E-state index contributed by atoms with van der Waals surface area (Å²) in [6.45, 7) is 14.2. The van der Waals surface area contributed by atoms with E-state index in [1.807, 2.05) is 6.20 Å². The highest BCUT2D eigenvalue weighted by Gasteiger charge is 2.24. The Labute approximate surface area is 118 Å². The molecule has 0 radical (unpaired) electrons. The first-order valence-corrected chi connectivity index (χ1v) is 7.13. The second kappa shape index (κ2) is 6.38. The molecule has 0 saturated carbocycles. The van der Waals surface area contributed by atoms with E-state index >= 15 is 0 Å². The Balaban J connectivity index is 2.81. The Hall–Kier alpha value is -1.09. The van der Waals surface area contributed by atoms with Crippen molar-refractivity contribution < 1.29 is 0 Å². The topological polar surface area (TPSA) is 28.2 Å². The van der Waals surface area contributed by atoms with E-state index in [1.54, 1.807) is 0 Å². The number of nitrogens with one attached hydrogen (secondary N) is 1. The van der Waals surface area contributed by atoms with E-state index in [4.69, 9.17) is 0 Å². The molecule has 0 amide bonds. The van der Waals surface area contributed by atoms with Gasteiger partial charge in [0.15, 0.2) is 0 Å². The predicted octanol–water partition coefficient (Wildman–Crippen LogP) is 3.45. The summed E-state index contributed by atoms with van der Waals surface area (Å²) in [6, 6.07) is 5.22. The Morgan fingerprint density at radius 1 is 1.26 bits per heavy atom. The fourth-order valence-corrected chi connectivity index (χ4v) is 1.89. The molecule has 0 aliphatic carbocycles. The lowest BCUT2D eigenvalue weighted by Crippen LogP contribution is -2.39. The van der Waals surface area contributed by atoms with E-state index in [0.29, 0.717) is 12.1 Å². The summed E-state index contributed by atoms with van der Waals surface area (Å²) in [5, 5.41) is 3.41. The van der Waals surface area contributed by atoms with E-state index in [-0.39, 0.29) is 5.41 Å². The van der Waals surface area contributed by atoms with Crippen LogP contribution in [0.2, 0.25) is 0 Å². The second-order valence-electron chi connectivity index (χ2n) is 6.69. The van der Waals surface area contributed by atoms with E-state index in [0.717, 1.165) is 12.2 Å². The first-order valence-electron chi connectivity index (χ1n) is 7.13. The third-order valence-corrected chi connectivity index (χ3v) is 3.73. The first kappa shape index (κ1) is 16.0. The van der Waals surface area contributed by atoms with Gasteiger partial charge in [0.05, 0.1) is 5.69 Å². The summed E-state index contributed by atoms with van der Waals surface area (Å²) in [7, 11) is 2.16. The Morgan fingerprint density at radius 2 is 1.89 bits per heavy atom. The van der Waals surface area contributed by atoms with Crippen molar-refractivity contribution in [2.75, 3.05) is 11.9 Å². The van der Waals surface area contributed by atoms with Crippen LogP contribution in [0.25, 0.3) is 0 Å². The quantitative estimate of drug-likeness (QED) is 0.882. The minimum Gasteiger partial charge on any atom is -0.371 e. The van der Waals surface area contributed by atoms with Gasteiger partial charge in [-0.3, -0.25) is 4.98 Å². The summed E-state index contributed by atoms with van der Waals surface area (Å²) in [5.41, 5.74) is 2.59. The fraction of sp³-hybridized carbons (Fsp3) is 0.688. The van der Waals surface area contributed by atoms with Gasteiger partial charge in [-0.05, 0) is 24.5 Å². The van der Waals surface area contributed by atoms with Crippen molar-refractivity contribution >= 4 is 5.69 Å². The minimum atomic E-state index is 0.258. The monoisotopic (exact) mass is 263 g/mol. The summed E-state index contributed by atoms with van der Waals surface area (Å²) >= 11 is 0. The molecule has 3 nitrogen and oxygen atoms in total. The molecule has 1 atom stereocenters. The molecule has 0 bridgehead atoms. The highest BCUT2D eigenvalue weighted by atomic mass is 15.1. The number of hydrogen-bond acceptors (Lipinski definition) is 3. The molecule has 0 aliphatic heterocycles. The SMILES string of the molecule is CC(C)NCc1cc(N(C)C(C)C(C)(C)C)ccn1. The number of pyridine rings is 1. The maximum atomic E-state index is 4.43. The Kier molecular flexibility index (Phi) is 5.36. The van der Waals surface area contributed by atoms with Crippen LogP contribution >= 0.6 is 0 Å². The molecule has 0 aliphatic rings. The predicted molar refractivity (Wildman–Crippen MR) is 83.5 cm³/mol. The van der Waals surface area contributed by atoms with E-state index in [1.165, 1.54) is 5.69 Å². The zero-order chi connectivity index (χ0) is 14.6. The van der Waals surface area contributed by atoms with Crippen LogP contribution in [0.5, 0.6) is 0 Å². The van der Waals surface area contributed by atoms with Crippen LogP contribution in [0.1, 0.15) is 47.2 Å². The number of nitrogens with zero attached hydrogens (tertiary/aromatic N) is 2. The molecule has 1 heterocycles. The van der Waals surface area contributed by atoms with Crippen LogP contribution in [0.4, 0.5) is 5.69 Å². The molecule has 19 heavy (non-hydrogen) atoms. The standard InChI is InChI=1S/C16H29N3/c1-12(2)18-11-14-10-15(8-9-17-14)19(7)13(3)16(4,5)6/h8-10,12-13,18H,11H2,1-7H3. The summed E-state index contributed by atoms with van der Waals surface area (Å²) in [5.74, 6) is 0. The average Bonchev–Trinajstić information content (AvgIpc) is 2.33. The zero-order valence-electron chi connectivity index (χ0n) is 13.5. The molecule has 1 N–H and O–H groups in total. The number of hydrogen-bond donors (Lipinski definition) is 1. The Bertz CT molecular complexity index is 393. The molecule has 1 rings (SSSR count). The highest BCUT2D eigenvalue weighted by molar-refractivity contribution is 5.47. The van der Waals surface area contributed by atoms with E-state index in [2.05, 4.69) is 75.9 Å². The van der Waals surface area contributed by atoms with Crippen molar-refractivity contribution in [3.63, 3.8) is 0 Å². The van der Waals surface area contributed by atoms with Crippen LogP contribution in [0, 0.1) is 5.41 Å². The third-order valence-electron chi connectivity index (χ3n) is 3.73. The van der Waals surface area contributed by atoms with Crippen LogP contribution in [-0.4, -0.2) is 24.1 Å². The van der Waals surface area contributed by atoms with Crippen molar-refractivity contribution in [2.24, 2.45) is 5.41 Å². The largest absolute Gasteiger partial charge is 0.371 e. The number of anilines is 1. The fourth-order valence-electron chi connectivity index (χ4n) is 1.89. The van der Waals surface area contributed by atoms with Crippen LogP contribution in [0.3, 0.4) is 0 Å². The third kappa shape index (κ3) is 4.83. The molecule has 1 unspecified atom stereocenters. The van der Waals surface area contributed by atoms with Gasteiger partial charge >= 0.3 is 0 Å². The smallest absolute Gasteiger partial charge is 0.0562 e. The summed E-state index contributed by atoms with van der Waals surface area (Å²) in [4.78, 5) is 6.76. The molecule has 1 aromatic rings. The number of aromatic nitrogens is 1. The second-order valence-corrected chi connectivity index (χ2v) is 6.69. The molecule has 0 fully saturated rings.